The third-order valence-corrected chi connectivity index (χ3v) is 6.77. The van der Waals surface area contributed by atoms with Crippen LogP contribution in [0.4, 0.5) is 27.3 Å². The van der Waals surface area contributed by atoms with Crippen LogP contribution in [0.1, 0.15) is 16.9 Å². The molecule has 0 bridgehead atoms. The van der Waals surface area contributed by atoms with Crippen molar-refractivity contribution in [3.05, 3.63) is 41.3 Å². The van der Waals surface area contributed by atoms with E-state index in [0.29, 0.717) is 50.0 Å². The van der Waals surface area contributed by atoms with Gasteiger partial charge in [0.2, 0.25) is 0 Å². The molecule has 1 amide bonds. The number of hydrogen-bond donors (Lipinski definition) is 2. The van der Waals surface area contributed by atoms with Crippen molar-refractivity contribution in [3.63, 3.8) is 0 Å². The molecule has 0 aliphatic carbocycles. The number of anilines is 4. The minimum Gasteiger partial charge on any atom is -0.393 e. The van der Waals surface area contributed by atoms with E-state index in [1.807, 2.05) is 0 Å². The van der Waals surface area contributed by atoms with E-state index in [4.69, 9.17) is 22.1 Å². The molecule has 12 nitrogen and oxygen atoms in total. The zero-order valence-corrected chi connectivity index (χ0v) is 21.2. The average molecular weight is 531 g/mol. The third kappa shape index (κ3) is 5.43. The van der Waals surface area contributed by atoms with Gasteiger partial charge in [0, 0.05) is 38.8 Å². The second-order valence-corrected chi connectivity index (χ2v) is 9.33. The van der Waals surface area contributed by atoms with E-state index in [0.717, 1.165) is 26.1 Å². The fourth-order valence-corrected chi connectivity index (χ4v) is 4.52. The normalized spacial score (nSPS) is 17.1. The van der Waals surface area contributed by atoms with Crippen LogP contribution in [0.5, 0.6) is 0 Å². The first-order valence-electron chi connectivity index (χ1n) is 12.0. The molecule has 0 unspecified atom stereocenters. The van der Waals surface area contributed by atoms with Crippen LogP contribution in [0.3, 0.4) is 0 Å². The molecular formula is C23H28ClFN10O2. The fourth-order valence-electron chi connectivity index (χ4n) is 4.39. The number of nitrogens with zero attached hydrogens (tertiary/aromatic N) is 8. The first-order chi connectivity index (χ1) is 17.9. The van der Waals surface area contributed by atoms with E-state index in [-0.39, 0.29) is 28.1 Å². The van der Waals surface area contributed by atoms with E-state index in [1.54, 1.807) is 11.0 Å². The zero-order valence-electron chi connectivity index (χ0n) is 20.4. The summed E-state index contributed by atoms with van der Waals surface area (Å²) in [5.41, 5.74) is 7.72. The number of benzene rings is 1. The lowest BCUT2D eigenvalue weighted by molar-refractivity contribution is 0.0299. The SMILES string of the molecule is CN1CCCN(c2cc(F)c(-n3cc(C(=O)N4CCOCC4)nn3)cc2Nc2ncnc(Cl)c2N)CC1. The molecule has 0 spiro atoms. The van der Waals surface area contributed by atoms with Crippen molar-refractivity contribution < 1.29 is 13.9 Å². The van der Waals surface area contributed by atoms with Gasteiger partial charge in [-0.05, 0) is 26.1 Å². The third-order valence-electron chi connectivity index (χ3n) is 6.47. The predicted octanol–water partition coefficient (Wildman–Crippen LogP) is 1.79. The topological polar surface area (TPSA) is 131 Å². The van der Waals surface area contributed by atoms with Crippen LogP contribution in [-0.2, 0) is 4.74 Å². The number of likely N-dealkylation sites (N-methyl/N-ethyl adjacent to an activating group) is 1. The number of rotatable bonds is 5. The summed E-state index contributed by atoms with van der Waals surface area (Å²) < 4.78 is 22.1. The molecule has 2 aliphatic rings. The highest BCUT2D eigenvalue weighted by molar-refractivity contribution is 6.32. The minimum atomic E-state index is -0.512. The summed E-state index contributed by atoms with van der Waals surface area (Å²) in [4.78, 5) is 26.9. The smallest absolute Gasteiger partial charge is 0.276 e. The number of aromatic nitrogens is 5. The molecular weight excluding hydrogens is 503 g/mol. The molecule has 14 heteroatoms. The Hall–Kier alpha value is -3.55. The molecule has 3 aromatic rings. The molecule has 3 N–H and O–H groups in total. The van der Waals surface area contributed by atoms with Crippen LogP contribution in [0.25, 0.3) is 5.69 Å². The Morgan fingerprint density at radius 1 is 1.11 bits per heavy atom. The standard InChI is InChI=1S/C23H28ClFN10O2/c1-32-3-2-4-33(6-5-32)19-11-15(25)18(12-16(19)29-22-20(26)21(24)27-14-28-22)35-13-17(30-31-35)23(36)34-7-9-37-10-8-34/h11-14H,2-10,26H2,1H3,(H,27,28,29). The van der Waals surface area contributed by atoms with Crippen molar-refractivity contribution in [1.82, 2.24) is 34.8 Å². The number of nitrogen functional groups attached to an aromatic ring is 1. The summed E-state index contributed by atoms with van der Waals surface area (Å²) in [6.45, 7) is 5.12. The molecule has 0 saturated carbocycles. The van der Waals surface area contributed by atoms with Gasteiger partial charge in [-0.15, -0.1) is 5.10 Å². The number of halogens is 2. The summed E-state index contributed by atoms with van der Waals surface area (Å²) >= 11 is 6.10. The first kappa shape index (κ1) is 25.1. The van der Waals surface area contributed by atoms with Gasteiger partial charge in [0.1, 0.15) is 17.7 Å². The van der Waals surface area contributed by atoms with Gasteiger partial charge >= 0.3 is 0 Å². The van der Waals surface area contributed by atoms with Crippen LogP contribution < -0.4 is 16.0 Å². The van der Waals surface area contributed by atoms with Crippen LogP contribution >= 0.6 is 11.6 Å². The first-order valence-corrected chi connectivity index (χ1v) is 12.4. The number of morpholine rings is 1. The van der Waals surface area contributed by atoms with Crippen LogP contribution in [-0.4, -0.2) is 100 Å². The Kier molecular flexibility index (Phi) is 7.35. The summed E-state index contributed by atoms with van der Waals surface area (Å²) in [5.74, 6) is -0.489. The van der Waals surface area contributed by atoms with E-state index in [9.17, 15) is 4.79 Å². The second-order valence-electron chi connectivity index (χ2n) is 8.97. The number of hydrogen-bond acceptors (Lipinski definition) is 10. The van der Waals surface area contributed by atoms with Gasteiger partial charge in [0.05, 0.1) is 30.8 Å². The molecule has 0 atom stereocenters. The molecule has 37 heavy (non-hydrogen) atoms. The molecule has 2 aliphatic heterocycles. The number of nitrogens with two attached hydrogens (primary N) is 1. The van der Waals surface area contributed by atoms with Gasteiger partial charge in [0.25, 0.3) is 5.91 Å². The van der Waals surface area contributed by atoms with Crippen LogP contribution in [0.2, 0.25) is 5.15 Å². The average Bonchev–Trinajstić information content (AvgIpc) is 3.29. The van der Waals surface area contributed by atoms with E-state index in [1.165, 1.54) is 23.3 Å². The number of carbonyl (C=O) groups excluding carboxylic acids is 1. The van der Waals surface area contributed by atoms with E-state index in [2.05, 4.69) is 42.4 Å². The molecule has 0 radical (unpaired) electrons. The largest absolute Gasteiger partial charge is 0.393 e. The molecule has 1 aromatic carbocycles. The van der Waals surface area contributed by atoms with Crippen LogP contribution in [0.15, 0.2) is 24.7 Å². The molecule has 2 saturated heterocycles. The monoisotopic (exact) mass is 530 g/mol. The van der Waals surface area contributed by atoms with Gasteiger partial charge in [-0.2, -0.15) is 0 Å². The highest BCUT2D eigenvalue weighted by Crippen LogP contribution is 2.35. The molecule has 2 aromatic heterocycles. The Labute approximate surface area is 218 Å². The lowest BCUT2D eigenvalue weighted by Gasteiger charge is -2.27. The molecule has 5 rings (SSSR count). The Bertz CT molecular complexity index is 1280. The maximum Gasteiger partial charge on any atom is 0.276 e. The quantitative estimate of drug-likeness (QED) is 0.471. The fraction of sp³-hybridized carbons (Fsp3) is 0.435. The summed E-state index contributed by atoms with van der Waals surface area (Å²) in [6, 6.07) is 3.06. The number of carbonyl (C=O) groups is 1. The van der Waals surface area contributed by atoms with Gasteiger partial charge in [-0.3, -0.25) is 4.79 Å². The highest BCUT2D eigenvalue weighted by Gasteiger charge is 2.24. The van der Waals surface area contributed by atoms with E-state index < -0.39 is 5.82 Å². The Morgan fingerprint density at radius 2 is 1.92 bits per heavy atom. The van der Waals surface area contributed by atoms with Crippen LogP contribution in [0, 0.1) is 5.82 Å². The number of nitrogens with one attached hydrogen (secondary N) is 1. The highest BCUT2D eigenvalue weighted by atomic mass is 35.5. The molecule has 2 fully saturated rings. The van der Waals surface area contributed by atoms with Crippen molar-refractivity contribution in [1.29, 1.82) is 0 Å². The molecule has 4 heterocycles. The van der Waals surface area contributed by atoms with Crippen molar-refractivity contribution in [2.75, 3.05) is 75.5 Å². The van der Waals surface area contributed by atoms with Gasteiger partial charge in [0.15, 0.2) is 22.5 Å². The van der Waals surface area contributed by atoms with E-state index >= 15 is 4.39 Å². The maximum absolute atomic E-state index is 15.6. The number of amides is 1. The van der Waals surface area contributed by atoms with Crippen molar-refractivity contribution in [3.8, 4) is 5.69 Å². The molecule has 196 valence electrons. The Balaban J connectivity index is 1.51. The van der Waals surface area contributed by atoms with Gasteiger partial charge < -0.3 is 30.5 Å². The Morgan fingerprint density at radius 3 is 2.73 bits per heavy atom. The van der Waals surface area contributed by atoms with Crippen molar-refractivity contribution >= 4 is 40.4 Å². The minimum absolute atomic E-state index is 0.111. The van der Waals surface area contributed by atoms with Gasteiger partial charge in [-0.25, -0.2) is 19.0 Å². The van der Waals surface area contributed by atoms with Gasteiger partial charge in [-0.1, -0.05) is 16.8 Å². The summed E-state index contributed by atoms with van der Waals surface area (Å²) in [6.07, 6.45) is 3.65. The van der Waals surface area contributed by atoms with Crippen molar-refractivity contribution in [2.45, 2.75) is 6.42 Å². The lowest BCUT2D eigenvalue weighted by Crippen LogP contribution is -2.40. The zero-order chi connectivity index (χ0) is 25.9. The number of ether oxygens (including phenoxy) is 1. The summed E-state index contributed by atoms with van der Waals surface area (Å²) in [7, 11) is 2.07. The van der Waals surface area contributed by atoms with Crippen molar-refractivity contribution in [2.24, 2.45) is 0 Å². The lowest BCUT2D eigenvalue weighted by atomic mass is 10.2. The predicted molar refractivity (Wildman–Crippen MR) is 137 cm³/mol. The second kappa shape index (κ2) is 10.8. The summed E-state index contributed by atoms with van der Waals surface area (Å²) in [5, 5.41) is 11.3. The maximum atomic E-state index is 15.6.